The number of carbonyl (C=O) groups is 3. The molecule has 0 heterocycles. The molecule has 0 bridgehead atoms. The summed E-state index contributed by atoms with van der Waals surface area (Å²) in [5.74, 6) is -5.35. The van der Waals surface area contributed by atoms with Crippen LogP contribution in [0.3, 0.4) is 0 Å². The maximum Gasteiger partial charge on any atom is 0.255 e. The van der Waals surface area contributed by atoms with E-state index < -0.39 is 52.3 Å². The van der Waals surface area contributed by atoms with Crippen LogP contribution in [0.4, 0.5) is 0 Å². The maximum atomic E-state index is 13.9. The Hall–Kier alpha value is -3.17. The number of primary amides is 1. The highest BCUT2D eigenvalue weighted by Crippen LogP contribution is 2.53. The smallest absolute Gasteiger partial charge is 0.255 e. The molecule has 5 N–H and O–H groups in total. The Morgan fingerprint density at radius 2 is 1.94 bits per heavy atom. The quantitative estimate of drug-likeness (QED) is 0.352. The second-order valence-electron chi connectivity index (χ2n) is 9.90. The fourth-order valence-electron chi connectivity index (χ4n) is 5.83. The fourth-order valence-corrected chi connectivity index (χ4v) is 5.83. The van der Waals surface area contributed by atoms with Crippen LogP contribution in [0.5, 0.6) is 5.75 Å². The third kappa shape index (κ3) is 3.56. The standard InChI is InChI=1S/C26H32N2O7/c1-5-6-9-35-16-8-7-12(2)14-10-13-11-15-20(28(3)4)22(30)19(25(27)33)24(32)26(15,34)23(31)17(13)21(29)18(14)16/h7-8,13,15,20,29,32,34H,5-6,9-11H2,1-4H3,(H2,27,33)/t13-,15-,20-,26-/m0/s1. The largest absolute Gasteiger partial charge is 0.508 e. The van der Waals surface area contributed by atoms with E-state index >= 15 is 0 Å². The van der Waals surface area contributed by atoms with Gasteiger partial charge in [0.2, 0.25) is 5.78 Å². The number of hydrogen-bond donors (Lipinski definition) is 4. The lowest BCUT2D eigenvalue weighted by atomic mass is 9.57. The van der Waals surface area contributed by atoms with Crippen molar-refractivity contribution >= 4 is 23.2 Å². The molecule has 0 unspecified atom stereocenters. The summed E-state index contributed by atoms with van der Waals surface area (Å²) in [4.78, 5) is 40.5. The number of amides is 1. The monoisotopic (exact) mass is 484 g/mol. The van der Waals surface area contributed by atoms with Crippen LogP contribution in [0, 0.1) is 18.8 Å². The van der Waals surface area contributed by atoms with E-state index in [-0.39, 0.29) is 17.8 Å². The molecule has 0 aliphatic heterocycles. The average Bonchev–Trinajstić information content (AvgIpc) is 2.77. The molecule has 1 amide bonds. The molecule has 4 atom stereocenters. The van der Waals surface area contributed by atoms with Crippen molar-refractivity contribution in [1.29, 1.82) is 0 Å². The zero-order valence-corrected chi connectivity index (χ0v) is 20.4. The molecule has 9 heteroatoms. The summed E-state index contributed by atoms with van der Waals surface area (Å²) < 4.78 is 5.91. The molecule has 1 saturated carbocycles. The zero-order chi connectivity index (χ0) is 25.8. The maximum absolute atomic E-state index is 13.9. The first-order valence-electron chi connectivity index (χ1n) is 11.9. The highest BCUT2D eigenvalue weighted by molar-refractivity contribution is 6.24. The van der Waals surface area contributed by atoms with Crippen molar-refractivity contribution in [1.82, 2.24) is 4.90 Å². The molecule has 3 aliphatic rings. The Balaban J connectivity index is 1.92. The van der Waals surface area contributed by atoms with Gasteiger partial charge in [0.25, 0.3) is 5.91 Å². The molecule has 3 aliphatic carbocycles. The van der Waals surface area contributed by atoms with Crippen LogP contribution >= 0.6 is 0 Å². The van der Waals surface area contributed by atoms with Gasteiger partial charge in [0, 0.05) is 11.5 Å². The third-order valence-electron chi connectivity index (χ3n) is 7.58. The second kappa shape index (κ2) is 8.80. The van der Waals surface area contributed by atoms with E-state index in [2.05, 4.69) is 0 Å². The minimum atomic E-state index is -2.57. The Morgan fingerprint density at radius 1 is 1.26 bits per heavy atom. The Morgan fingerprint density at radius 3 is 2.54 bits per heavy atom. The molecule has 188 valence electrons. The third-order valence-corrected chi connectivity index (χ3v) is 7.58. The van der Waals surface area contributed by atoms with E-state index in [9.17, 15) is 29.7 Å². The lowest BCUT2D eigenvalue weighted by Gasteiger charge is -2.50. The van der Waals surface area contributed by atoms with Crippen molar-refractivity contribution in [2.75, 3.05) is 20.7 Å². The predicted molar refractivity (Wildman–Crippen MR) is 128 cm³/mol. The number of Topliss-reactive ketones (excluding diaryl/α,β-unsaturated/α-hetero) is 2. The highest BCUT2D eigenvalue weighted by Gasteiger charge is 2.64. The van der Waals surface area contributed by atoms with Crippen LogP contribution in [0.1, 0.15) is 42.9 Å². The van der Waals surface area contributed by atoms with Gasteiger partial charge < -0.3 is 25.8 Å². The minimum absolute atomic E-state index is 0.0376. The van der Waals surface area contributed by atoms with Crippen LogP contribution < -0.4 is 10.5 Å². The number of aryl methyl sites for hydroxylation is 1. The number of likely N-dealkylation sites (N-methyl/N-ethyl adjacent to an activating group) is 1. The lowest BCUT2D eigenvalue weighted by Crippen LogP contribution is -2.65. The molecule has 0 radical (unpaired) electrons. The fraction of sp³-hybridized carbons (Fsp3) is 0.500. The lowest BCUT2D eigenvalue weighted by molar-refractivity contribution is -0.153. The van der Waals surface area contributed by atoms with E-state index in [1.54, 1.807) is 20.2 Å². The number of nitrogens with zero attached hydrogens (tertiary/aromatic N) is 1. The number of nitrogens with two attached hydrogens (primary N) is 1. The summed E-state index contributed by atoms with van der Waals surface area (Å²) >= 11 is 0. The summed E-state index contributed by atoms with van der Waals surface area (Å²) in [7, 11) is 3.19. The van der Waals surface area contributed by atoms with Crippen molar-refractivity contribution in [3.8, 4) is 5.75 Å². The molecule has 4 rings (SSSR count). The molecule has 35 heavy (non-hydrogen) atoms. The number of unbranched alkanes of at least 4 members (excludes halogenated alkanes) is 1. The number of rotatable bonds is 6. The number of ether oxygens (including phenoxy) is 1. The van der Waals surface area contributed by atoms with E-state index in [0.717, 1.165) is 24.0 Å². The molecule has 0 aromatic heterocycles. The van der Waals surface area contributed by atoms with Gasteiger partial charge >= 0.3 is 0 Å². The molecule has 1 fully saturated rings. The zero-order valence-electron chi connectivity index (χ0n) is 20.4. The van der Waals surface area contributed by atoms with Crippen LogP contribution in [-0.4, -0.2) is 70.0 Å². The number of carbonyl (C=O) groups excluding carboxylic acids is 3. The number of hydrogen-bond acceptors (Lipinski definition) is 8. The van der Waals surface area contributed by atoms with Gasteiger partial charge in [-0.2, -0.15) is 0 Å². The number of benzene rings is 1. The molecule has 9 nitrogen and oxygen atoms in total. The van der Waals surface area contributed by atoms with Gasteiger partial charge in [-0.15, -0.1) is 0 Å². The van der Waals surface area contributed by atoms with Crippen molar-refractivity contribution in [3.63, 3.8) is 0 Å². The number of aliphatic hydroxyl groups is 3. The van der Waals surface area contributed by atoms with Crippen LogP contribution in [-0.2, 0) is 20.8 Å². The first-order chi connectivity index (χ1) is 16.5. The number of aliphatic hydroxyl groups excluding tert-OH is 2. The number of ketones is 2. The molecular weight excluding hydrogens is 452 g/mol. The molecule has 1 aromatic rings. The second-order valence-corrected chi connectivity index (χ2v) is 9.90. The molecule has 0 spiro atoms. The summed E-state index contributed by atoms with van der Waals surface area (Å²) in [5, 5.41) is 33.9. The SMILES string of the molecule is CCCCOc1ccc(C)c2c1C(O)=C1C(=O)[C@]3(O)C(O)=C(C(N)=O)C(=O)[C@@H](N(C)C)[C@@H]3C[C@@H]1C2. The first kappa shape index (κ1) is 24.9. The van der Waals surface area contributed by atoms with E-state index in [0.29, 0.717) is 24.3 Å². The highest BCUT2D eigenvalue weighted by atomic mass is 16.5. The average molecular weight is 485 g/mol. The normalized spacial score (nSPS) is 28.1. The Labute approximate surface area is 203 Å². The Kier molecular flexibility index (Phi) is 6.27. The van der Waals surface area contributed by atoms with Gasteiger partial charge in [-0.1, -0.05) is 19.4 Å². The predicted octanol–water partition coefficient (Wildman–Crippen LogP) is 1.75. The van der Waals surface area contributed by atoms with Crippen LogP contribution in [0.2, 0.25) is 0 Å². The van der Waals surface area contributed by atoms with E-state index in [1.807, 2.05) is 19.9 Å². The van der Waals surface area contributed by atoms with Gasteiger partial charge in [0.1, 0.15) is 22.8 Å². The van der Waals surface area contributed by atoms with Gasteiger partial charge in [-0.3, -0.25) is 19.3 Å². The van der Waals surface area contributed by atoms with Crippen molar-refractivity contribution in [2.24, 2.45) is 17.6 Å². The summed E-state index contributed by atoms with van der Waals surface area (Å²) in [5.41, 5.74) is 4.12. The van der Waals surface area contributed by atoms with Gasteiger partial charge in [-0.25, -0.2) is 0 Å². The molecule has 1 aromatic carbocycles. The van der Waals surface area contributed by atoms with E-state index in [1.165, 1.54) is 4.90 Å². The Bertz CT molecular complexity index is 1180. The summed E-state index contributed by atoms with van der Waals surface area (Å²) in [6, 6.07) is 2.59. The van der Waals surface area contributed by atoms with Crippen LogP contribution in [0.15, 0.2) is 29.0 Å². The summed E-state index contributed by atoms with van der Waals surface area (Å²) in [6.45, 7) is 4.39. The van der Waals surface area contributed by atoms with Gasteiger partial charge in [0.15, 0.2) is 11.4 Å². The summed E-state index contributed by atoms with van der Waals surface area (Å²) in [6.07, 6.45) is 2.27. The van der Waals surface area contributed by atoms with Gasteiger partial charge in [-0.05, 0) is 63.4 Å². The topological polar surface area (TPSA) is 150 Å². The van der Waals surface area contributed by atoms with Gasteiger partial charge in [0.05, 0.1) is 18.2 Å². The van der Waals surface area contributed by atoms with Crippen molar-refractivity contribution in [2.45, 2.75) is 51.2 Å². The van der Waals surface area contributed by atoms with E-state index in [4.69, 9.17) is 10.5 Å². The first-order valence-corrected chi connectivity index (χ1v) is 11.9. The van der Waals surface area contributed by atoms with Crippen molar-refractivity contribution in [3.05, 3.63) is 45.7 Å². The molecular formula is C26H32N2O7. The molecule has 0 saturated heterocycles. The van der Waals surface area contributed by atoms with Crippen LogP contribution in [0.25, 0.3) is 5.76 Å². The number of fused-ring (bicyclic) bond motifs is 3. The minimum Gasteiger partial charge on any atom is -0.508 e. The van der Waals surface area contributed by atoms with Crippen molar-refractivity contribution < 1.29 is 34.4 Å².